The number of ether oxygens (including phenoxy) is 1. The van der Waals surface area contributed by atoms with Crippen molar-refractivity contribution < 1.29 is 22.7 Å². The molecule has 220 valence electrons. The van der Waals surface area contributed by atoms with E-state index in [1.165, 1.54) is 17.0 Å². The number of amides is 2. The Bertz CT molecular complexity index is 1410. The Hall–Kier alpha value is -3.56. The SMILES string of the molecule is CCOc1ccc(S(=O)(=O)N(CC(=O)N(Cc2ccc(Cl)cc2)C(CC)C(=O)NC(C)C)c2ccc(C)cc2)cc1. The smallest absolute Gasteiger partial charge is 0.264 e. The van der Waals surface area contributed by atoms with Crippen molar-refractivity contribution in [2.75, 3.05) is 17.5 Å². The fraction of sp³-hybridized carbons (Fsp3) is 0.355. The van der Waals surface area contributed by atoms with E-state index in [2.05, 4.69) is 5.32 Å². The maximum absolute atomic E-state index is 14.1. The van der Waals surface area contributed by atoms with Crippen LogP contribution in [-0.2, 0) is 26.2 Å². The summed E-state index contributed by atoms with van der Waals surface area (Å²) in [6.45, 7) is 9.30. The van der Waals surface area contributed by atoms with Crippen molar-refractivity contribution >= 4 is 39.1 Å². The maximum Gasteiger partial charge on any atom is 0.264 e. The second-order valence-electron chi connectivity index (χ2n) is 9.99. The molecule has 0 spiro atoms. The molecule has 1 N–H and O–H groups in total. The van der Waals surface area contributed by atoms with Gasteiger partial charge in [-0.1, -0.05) is 48.4 Å². The topological polar surface area (TPSA) is 96.0 Å². The van der Waals surface area contributed by atoms with E-state index in [9.17, 15) is 18.0 Å². The molecule has 0 bridgehead atoms. The molecule has 3 aromatic carbocycles. The highest BCUT2D eigenvalue weighted by Crippen LogP contribution is 2.27. The molecule has 10 heteroatoms. The number of sulfonamides is 1. The molecular formula is C31H38ClN3O5S. The van der Waals surface area contributed by atoms with Gasteiger partial charge in [0.05, 0.1) is 17.2 Å². The summed E-state index contributed by atoms with van der Waals surface area (Å²) in [5.74, 6) is -0.276. The molecule has 0 heterocycles. The van der Waals surface area contributed by atoms with E-state index in [0.29, 0.717) is 29.5 Å². The number of benzene rings is 3. The van der Waals surface area contributed by atoms with Crippen molar-refractivity contribution in [3.05, 3.63) is 88.9 Å². The van der Waals surface area contributed by atoms with Crippen molar-refractivity contribution in [2.24, 2.45) is 0 Å². The molecular weight excluding hydrogens is 562 g/mol. The van der Waals surface area contributed by atoms with Crippen molar-refractivity contribution in [3.63, 3.8) is 0 Å². The number of hydrogen-bond acceptors (Lipinski definition) is 5. The molecule has 0 aliphatic heterocycles. The first-order valence-corrected chi connectivity index (χ1v) is 15.4. The third kappa shape index (κ3) is 8.47. The normalized spacial score (nSPS) is 12.1. The summed E-state index contributed by atoms with van der Waals surface area (Å²) in [5, 5.41) is 3.43. The van der Waals surface area contributed by atoms with Crippen molar-refractivity contribution in [1.82, 2.24) is 10.2 Å². The van der Waals surface area contributed by atoms with Crippen molar-refractivity contribution in [2.45, 2.75) is 64.6 Å². The molecule has 0 saturated carbocycles. The lowest BCUT2D eigenvalue weighted by Gasteiger charge is -2.33. The van der Waals surface area contributed by atoms with Crippen LogP contribution in [0.1, 0.15) is 45.2 Å². The summed E-state index contributed by atoms with van der Waals surface area (Å²) in [4.78, 5) is 28.7. The van der Waals surface area contributed by atoms with E-state index in [1.807, 2.05) is 34.6 Å². The highest BCUT2D eigenvalue weighted by Gasteiger charge is 2.33. The first-order valence-electron chi connectivity index (χ1n) is 13.6. The Balaban J connectivity index is 2.04. The predicted octanol–water partition coefficient (Wildman–Crippen LogP) is 5.57. The summed E-state index contributed by atoms with van der Waals surface area (Å²) < 4.78 is 34.5. The average molecular weight is 600 g/mol. The zero-order valence-corrected chi connectivity index (χ0v) is 25.7. The third-order valence-electron chi connectivity index (χ3n) is 6.41. The van der Waals surface area contributed by atoms with Gasteiger partial charge in [0.2, 0.25) is 11.8 Å². The van der Waals surface area contributed by atoms with Gasteiger partial charge in [-0.3, -0.25) is 13.9 Å². The maximum atomic E-state index is 14.1. The first-order chi connectivity index (χ1) is 19.5. The third-order valence-corrected chi connectivity index (χ3v) is 8.45. The molecule has 0 radical (unpaired) electrons. The lowest BCUT2D eigenvalue weighted by Crippen LogP contribution is -2.53. The van der Waals surface area contributed by atoms with Crippen LogP contribution in [0, 0.1) is 6.92 Å². The number of halogens is 1. The van der Waals surface area contributed by atoms with Gasteiger partial charge < -0.3 is 15.0 Å². The van der Waals surface area contributed by atoms with Crippen molar-refractivity contribution in [3.8, 4) is 5.75 Å². The molecule has 3 aromatic rings. The van der Waals surface area contributed by atoms with E-state index >= 15 is 0 Å². The van der Waals surface area contributed by atoms with Crippen LogP contribution in [0.3, 0.4) is 0 Å². The summed E-state index contributed by atoms with van der Waals surface area (Å²) in [7, 11) is -4.17. The Morgan fingerprint density at radius 1 is 0.927 bits per heavy atom. The van der Waals surface area contributed by atoms with Crippen LogP contribution < -0.4 is 14.4 Å². The number of aryl methyl sites for hydroxylation is 1. The highest BCUT2D eigenvalue weighted by atomic mass is 35.5. The Kier molecular flexibility index (Phi) is 11.2. The molecule has 41 heavy (non-hydrogen) atoms. The standard InChI is InChI=1S/C31H38ClN3O5S/c1-6-29(31(37)33-22(3)4)34(20-24-10-12-25(32)13-11-24)30(36)21-35(26-14-8-23(5)9-15-26)41(38,39)28-18-16-27(17-19-28)40-7-2/h8-19,22,29H,6-7,20-21H2,1-5H3,(H,33,37). The fourth-order valence-corrected chi connectivity index (χ4v) is 5.87. The van der Waals surface area contributed by atoms with Gasteiger partial charge in [-0.2, -0.15) is 0 Å². The van der Waals surface area contributed by atoms with Gasteiger partial charge in [-0.15, -0.1) is 0 Å². The molecule has 0 aliphatic rings. The van der Waals surface area contributed by atoms with E-state index in [4.69, 9.17) is 16.3 Å². The summed E-state index contributed by atoms with van der Waals surface area (Å²) in [6, 6.07) is 19.0. The Morgan fingerprint density at radius 2 is 1.54 bits per heavy atom. The molecule has 0 fully saturated rings. The minimum absolute atomic E-state index is 0.0168. The minimum Gasteiger partial charge on any atom is -0.494 e. The number of anilines is 1. The molecule has 0 aromatic heterocycles. The van der Waals surface area contributed by atoms with Crippen LogP contribution in [-0.4, -0.2) is 50.4 Å². The van der Waals surface area contributed by atoms with Crippen LogP contribution in [0.4, 0.5) is 5.69 Å². The van der Waals surface area contributed by atoms with Crippen LogP contribution in [0.5, 0.6) is 5.75 Å². The van der Waals surface area contributed by atoms with Gasteiger partial charge in [-0.05, 0) is 88.2 Å². The van der Waals surface area contributed by atoms with Crippen LogP contribution in [0.25, 0.3) is 0 Å². The largest absolute Gasteiger partial charge is 0.494 e. The van der Waals surface area contributed by atoms with Gasteiger partial charge in [0.1, 0.15) is 18.3 Å². The Labute approximate surface area is 248 Å². The summed E-state index contributed by atoms with van der Waals surface area (Å²) in [6.07, 6.45) is 0.341. The van der Waals surface area contributed by atoms with Crippen molar-refractivity contribution in [1.29, 1.82) is 0 Å². The average Bonchev–Trinajstić information content (AvgIpc) is 2.93. The highest BCUT2D eigenvalue weighted by molar-refractivity contribution is 7.92. The second kappa shape index (κ2) is 14.4. The summed E-state index contributed by atoms with van der Waals surface area (Å²) >= 11 is 6.07. The quantitative estimate of drug-likeness (QED) is 0.277. The van der Waals surface area contributed by atoms with E-state index in [-0.39, 0.29) is 23.4 Å². The van der Waals surface area contributed by atoms with E-state index < -0.39 is 28.5 Å². The zero-order valence-electron chi connectivity index (χ0n) is 24.1. The first kappa shape index (κ1) is 32.0. The number of nitrogens with zero attached hydrogens (tertiary/aromatic N) is 2. The van der Waals surface area contributed by atoms with Gasteiger partial charge >= 0.3 is 0 Å². The minimum atomic E-state index is -4.17. The monoisotopic (exact) mass is 599 g/mol. The molecule has 1 atom stereocenters. The fourth-order valence-electron chi connectivity index (χ4n) is 4.33. The second-order valence-corrected chi connectivity index (χ2v) is 12.3. The molecule has 8 nitrogen and oxygen atoms in total. The zero-order chi connectivity index (χ0) is 30.2. The van der Waals surface area contributed by atoms with E-state index in [1.54, 1.807) is 60.7 Å². The number of rotatable bonds is 13. The lowest BCUT2D eigenvalue weighted by atomic mass is 10.1. The summed E-state index contributed by atoms with van der Waals surface area (Å²) in [5.41, 5.74) is 2.04. The molecule has 1 unspecified atom stereocenters. The van der Waals surface area contributed by atoms with E-state index in [0.717, 1.165) is 15.4 Å². The van der Waals surface area contributed by atoms with Gasteiger partial charge in [0.25, 0.3) is 10.0 Å². The number of hydrogen-bond donors (Lipinski definition) is 1. The molecule has 0 saturated heterocycles. The van der Waals surface area contributed by atoms with Crippen LogP contribution in [0.2, 0.25) is 5.02 Å². The van der Waals surface area contributed by atoms with Crippen LogP contribution >= 0.6 is 11.6 Å². The number of carbonyl (C=O) groups excluding carboxylic acids is 2. The molecule has 3 rings (SSSR count). The predicted molar refractivity (Wildman–Crippen MR) is 163 cm³/mol. The van der Waals surface area contributed by atoms with Crippen LogP contribution in [0.15, 0.2) is 77.7 Å². The van der Waals surface area contributed by atoms with Gasteiger partial charge in [-0.25, -0.2) is 8.42 Å². The molecule has 2 amide bonds. The lowest BCUT2D eigenvalue weighted by molar-refractivity contribution is -0.140. The number of carbonyl (C=O) groups is 2. The number of nitrogens with one attached hydrogen (secondary N) is 1. The van der Waals surface area contributed by atoms with Gasteiger partial charge in [0, 0.05) is 17.6 Å². The Morgan fingerprint density at radius 3 is 2.07 bits per heavy atom. The van der Waals surface area contributed by atoms with Gasteiger partial charge in [0.15, 0.2) is 0 Å². The molecule has 0 aliphatic carbocycles.